The van der Waals surface area contributed by atoms with Gasteiger partial charge in [0.15, 0.2) is 5.82 Å². The maximum absolute atomic E-state index is 5.59. The normalized spacial score (nSPS) is 10.7. The van der Waals surface area contributed by atoms with Gasteiger partial charge in [-0.25, -0.2) is 4.98 Å². The average Bonchev–Trinajstić information content (AvgIpc) is 2.82. The van der Waals surface area contributed by atoms with Gasteiger partial charge in [-0.1, -0.05) is 0 Å². The van der Waals surface area contributed by atoms with Gasteiger partial charge in [-0.3, -0.25) is 5.10 Å². The lowest BCUT2D eigenvalue weighted by Gasteiger charge is -2.10. The molecule has 2 rings (SSSR count). The molecule has 0 radical (unpaired) electrons. The second kappa shape index (κ2) is 5.84. The molecule has 0 fully saturated rings. The Bertz CT molecular complexity index is 563. The minimum absolute atomic E-state index is 0.565. The minimum atomic E-state index is 0.565. The predicted molar refractivity (Wildman–Crippen MR) is 75.2 cm³/mol. The molecule has 0 amide bonds. The zero-order valence-corrected chi connectivity index (χ0v) is 11.7. The van der Waals surface area contributed by atoms with E-state index in [1.165, 1.54) is 0 Å². The van der Waals surface area contributed by atoms with E-state index in [9.17, 15) is 0 Å². The van der Waals surface area contributed by atoms with Crippen LogP contribution in [0.3, 0.4) is 0 Å². The van der Waals surface area contributed by atoms with E-state index in [-0.39, 0.29) is 0 Å². The summed E-state index contributed by atoms with van der Waals surface area (Å²) in [7, 11) is 0. The van der Waals surface area contributed by atoms with Crippen molar-refractivity contribution in [3.05, 3.63) is 29.1 Å². The number of ether oxygens (including phenoxy) is 1. The summed E-state index contributed by atoms with van der Waals surface area (Å²) in [5.74, 6) is 2.46. The molecule has 0 aliphatic carbocycles. The highest BCUT2D eigenvalue weighted by Crippen LogP contribution is 2.28. The molecule has 1 heterocycles. The van der Waals surface area contributed by atoms with Crippen molar-refractivity contribution >= 4 is 0 Å². The molecule has 1 aromatic heterocycles. The molecule has 0 unspecified atom stereocenters. The molecule has 2 aromatic rings. The molecule has 3 N–H and O–H groups in total. The van der Waals surface area contributed by atoms with Gasteiger partial charge >= 0.3 is 0 Å². The summed E-state index contributed by atoms with van der Waals surface area (Å²) in [5.41, 5.74) is 8.73. The lowest BCUT2D eigenvalue weighted by molar-refractivity contribution is 0.337. The number of aryl methyl sites for hydroxylation is 2. The van der Waals surface area contributed by atoms with Crippen molar-refractivity contribution in [2.75, 3.05) is 13.2 Å². The Morgan fingerprint density at radius 2 is 2.05 bits per heavy atom. The minimum Gasteiger partial charge on any atom is -0.494 e. The molecule has 0 atom stereocenters. The number of hydrogen-bond acceptors (Lipinski definition) is 4. The van der Waals surface area contributed by atoms with Crippen LogP contribution in [0.5, 0.6) is 5.75 Å². The molecule has 0 saturated heterocycles. The zero-order chi connectivity index (χ0) is 13.8. The lowest BCUT2D eigenvalue weighted by Crippen LogP contribution is -2.03. The molecule has 5 nitrogen and oxygen atoms in total. The molecule has 19 heavy (non-hydrogen) atoms. The standard InChI is InChI=1S/C14H20N4O/c1-4-19-12-8-9(2)11(7-10(12)3)14-16-13(5-6-15)17-18-14/h7-8H,4-6,15H2,1-3H3,(H,16,17,18). The Hall–Kier alpha value is -1.88. The van der Waals surface area contributed by atoms with E-state index in [4.69, 9.17) is 10.5 Å². The van der Waals surface area contributed by atoms with Gasteiger partial charge in [0.2, 0.25) is 0 Å². The van der Waals surface area contributed by atoms with Crippen LogP contribution in [0.15, 0.2) is 12.1 Å². The Kier molecular flexibility index (Phi) is 4.16. The lowest BCUT2D eigenvalue weighted by atomic mass is 10.0. The van der Waals surface area contributed by atoms with Gasteiger partial charge in [-0.2, -0.15) is 5.10 Å². The quantitative estimate of drug-likeness (QED) is 0.862. The third kappa shape index (κ3) is 2.93. The average molecular weight is 260 g/mol. The van der Waals surface area contributed by atoms with Crippen molar-refractivity contribution in [2.24, 2.45) is 5.73 Å². The molecule has 0 spiro atoms. The summed E-state index contributed by atoms with van der Waals surface area (Å²) in [4.78, 5) is 4.46. The maximum atomic E-state index is 5.59. The highest BCUT2D eigenvalue weighted by Gasteiger charge is 2.11. The van der Waals surface area contributed by atoms with Gasteiger partial charge in [0.25, 0.3) is 0 Å². The highest BCUT2D eigenvalue weighted by atomic mass is 16.5. The number of nitrogens with two attached hydrogens (primary N) is 1. The Labute approximate surface area is 113 Å². The van der Waals surface area contributed by atoms with Crippen LogP contribution in [-0.4, -0.2) is 28.3 Å². The predicted octanol–water partition coefficient (Wildman–Crippen LogP) is 1.99. The maximum Gasteiger partial charge on any atom is 0.181 e. The third-order valence-electron chi connectivity index (χ3n) is 2.98. The summed E-state index contributed by atoms with van der Waals surface area (Å²) >= 11 is 0. The number of nitrogens with zero attached hydrogens (tertiary/aromatic N) is 2. The molecule has 0 saturated carbocycles. The summed E-state index contributed by atoms with van der Waals surface area (Å²) in [5, 5.41) is 7.17. The fourth-order valence-electron chi connectivity index (χ4n) is 2.01. The fraction of sp³-hybridized carbons (Fsp3) is 0.429. The van der Waals surface area contributed by atoms with Crippen LogP contribution in [-0.2, 0) is 6.42 Å². The number of H-pyrrole nitrogens is 1. The molecule has 5 heteroatoms. The summed E-state index contributed by atoms with van der Waals surface area (Å²) in [6.07, 6.45) is 0.710. The molecular formula is C14H20N4O. The van der Waals surface area contributed by atoms with Crippen molar-refractivity contribution in [1.29, 1.82) is 0 Å². The molecule has 1 aromatic carbocycles. The fourth-order valence-corrected chi connectivity index (χ4v) is 2.01. The van der Waals surface area contributed by atoms with Gasteiger partial charge in [0.05, 0.1) is 6.61 Å². The van der Waals surface area contributed by atoms with Crippen molar-refractivity contribution in [3.8, 4) is 17.1 Å². The zero-order valence-electron chi connectivity index (χ0n) is 11.7. The Morgan fingerprint density at radius 3 is 2.74 bits per heavy atom. The van der Waals surface area contributed by atoms with E-state index in [1.807, 2.05) is 26.8 Å². The van der Waals surface area contributed by atoms with Gasteiger partial charge < -0.3 is 10.5 Å². The summed E-state index contributed by atoms with van der Waals surface area (Å²) in [6, 6.07) is 4.10. The van der Waals surface area contributed by atoms with Gasteiger partial charge in [-0.15, -0.1) is 0 Å². The van der Waals surface area contributed by atoms with Crippen LogP contribution >= 0.6 is 0 Å². The first-order chi connectivity index (χ1) is 9.15. The van der Waals surface area contributed by atoms with Crippen LogP contribution in [0.1, 0.15) is 23.9 Å². The number of aromatic nitrogens is 3. The first-order valence-corrected chi connectivity index (χ1v) is 6.51. The van der Waals surface area contributed by atoms with E-state index < -0.39 is 0 Å². The number of nitrogens with one attached hydrogen (secondary N) is 1. The smallest absolute Gasteiger partial charge is 0.181 e. The Balaban J connectivity index is 2.36. The van der Waals surface area contributed by atoms with E-state index in [1.54, 1.807) is 0 Å². The van der Waals surface area contributed by atoms with E-state index in [0.29, 0.717) is 25.4 Å². The van der Waals surface area contributed by atoms with E-state index in [0.717, 1.165) is 28.3 Å². The second-order valence-corrected chi connectivity index (χ2v) is 4.51. The molecule has 0 aliphatic heterocycles. The largest absolute Gasteiger partial charge is 0.494 e. The van der Waals surface area contributed by atoms with Crippen molar-refractivity contribution in [1.82, 2.24) is 15.2 Å². The highest BCUT2D eigenvalue weighted by molar-refractivity contribution is 5.63. The number of benzene rings is 1. The monoisotopic (exact) mass is 260 g/mol. The van der Waals surface area contributed by atoms with Gasteiger partial charge in [0, 0.05) is 12.0 Å². The molecule has 0 bridgehead atoms. The van der Waals surface area contributed by atoms with Crippen LogP contribution < -0.4 is 10.5 Å². The van der Waals surface area contributed by atoms with E-state index >= 15 is 0 Å². The first kappa shape index (κ1) is 13.5. The SMILES string of the molecule is CCOc1cc(C)c(-c2n[nH]c(CCN)n2)cc1C. The van der Waals surface area contributed by atoms with Crippen LogP contribution in [0.4, 0.5) is 0 Å². The van der Waals surface area contributed by atoms with Crippen molar-refractivity contribution in [3.63, 3.8) is 0 Å². The van der Waals surface area contributed by atoms with Gasteiger partial charge in [0.1, 0.15) is 11.6 Å². The number of aromatic amines is 1. The van der Waals surface area contributed by atoms with Crippen LogP contribution in [0.25, 0.3) is 11.4 Å². The van der Waals surface area contributed by atoms with E-state index in [2.05, 4.69) is 21.2 Å². The topological polar surface area (TPSA) is 76.8 Å². The van der Waals surface area contributed by atoms with Crippen LogP contribution in [0.2, 0.25) is 0 Å². The number of rotatable bonds is 5. The summed E-state index contributed by atoms with van der Waals surface area (Å²) < 4.78 is 5.59. The molecule has 102 valence electrons. The summed E-state index contributed by atoms with van der Waals surface area (Å²) in [6.45, 7) is 7.28. The molecule has 0 aliphatic rings. The molecular weight excluding hydrogens is 240 g/mol. The van der Waals surface area contributed by atoms with Crippen LogP contribution in [0, 0.1) is 13.8 Å². The van der Waals surface area contributed by atoms with Gasteiger partial charge in [-0.05, 0) is 50.6 Å². The second-order valence-electron chi connectivity index (χ2n) is 4.51. The first-order valence-electron chi connectivity index (χ1n) is 6.51. The van der Waals surface area contributed by atoms with Crippen molar-refractivity contribution in [2.45, 2.75) is 27.2 Å². The third-order valence-corrected chi connectivity index (χ3v) is 2.98. The Morgan fingerprint density at radius 1 is 1.26 bits per heavy atom. The van der Waals surface area contributed by atoms with Crippen molar-refractivity contribution < 1.29 is 4.74 Å². The number of hydrogen-bond donors (Lipinski definition) is 2.